The van der Waals surface area contributed by atoms with Crippen molar-refractivity contribution in [2.45, 2.75) is 105 Å². The number of anilines is 6. The molecule has 17 aromatic carbocycles. The Morgan fingerprint density at radius 3 is 0.762 bits per heavy atom. The fourth-order valence-electron chi connectivity index (χ4n) is 19.4. The smallest absolute Gasteiger partial charge is 0.252 e. The second kappa shape index (κ2) is 30.2. The van der Waals surface area contributed by atoms with Gasteiger partial charge in [0.05, 0.1) is 28.1 Å². The Hall–Kier alpha value is -13.8. The van der Waals surface area contributed by atoms with Gasteiger partial charge in [-0.2, -0.15) is 0 Å². The molecule has 0 saturated carbocycles. The number of rotatable bonds is 13. The first-order valence-electron chi connectivity index (χ1n) is 43.3. The quantitative estimate of drug-likeness (QED) is 0.107. The van der Waals surface area contributed by atoms with E-state index in [1.165, 1.54) is 71.7 Å². The van der Waals surface area contributed by atoms with Crippen molar-refractivity contribution in [3.63, 3.8) is 0 Å². The molecule has 0 radical (unpaired) electrons. The first kappa shape index (κ1) is 76.9. The van der Waals surface area contributed by atoms with Crippen LogP contribution in [0.25, 0.3) is 139 Å². The lowest BCUT2D eigenvalue weighted by atomic mass is 9.33. The van der Waals surface area contributed by atoms with E-state index < -0.39 is 0 Å². The fraction of sp³-hybridized carbons (Fsp3) is 0.136. The number of fused-ring (bicyclic) bond motifs is 7. The first-order valence-corrected chi connectivity index (χ1v) is 43.3. The Labute approximate surface area is 720 Å². The lowest BCUT2D eigenvalue weighted by Gasteiger charge is -2.47. The highest BCUT2D eigenvalue weighted by molar-refractivity contribution is 7.00. The van der Waals surface area contributed by atoms with Crippen molar-refractivity contribution < 1.29 is 0 Å². The molecule has 0 atom stereocenters. The monoisotopic (exact) mass is 1570 g/mol. The van der Waals surface area contributed by atoms with Gasteiger partial charge in [-0.25, -0.2) is 0 Å². The molecule has 122 heavy (non-hydrogen) atoms. The third-order valence-corrected chi connectivity index (χ3v) is 25.5. The standard InChI is InChI=1S/C118H100BN3/c1-115(2,3)91-61-63-106-100(69-91)101-70-92(116(4,5)6)62-64-107(101)120(106)93-71-110-112-111(72-93)122(114-96(89-55-33-51-85(67-89)79-41-23-15-24-42-79)59-36-60-97(114)90-56-34-52-86(68-90)80-43-25-16-26-44-80)109-76-103(118(10,11)12)99(82-47-29-18-30-48-82)74-105(109)119(112)104-73-98(81-45-27-17-28-46-81)102(117(7,8)9)75-108(104)121(110)113-94(87-53-31-49-83(65-87)77-37-19-13-20-38-77)57-35-58-95(113)88-54-32-50-84(66-88)78-39-21-14-22-40-78/h13-76H,1-12H3. The summed E-state index contributed by atoms with van der Waals surface area (Å²) in [6.45, 7) is 28.2. The van der Waals surface area contributed by atoms with E-state index in [4.69, 9.17) is 0 Å². The van der Waals surface area contributed by atoms with E-state index in [-0.39, 0.29) is 28.4 Å². The van der Waals surface area contributed by atoms with E-state index in [2.05, 4.69) is 486 Å². The van der Waals surface area contributed by atoms with Crippen LogP contribution in [0.5, 0.6) is 0 Å². The van der Waals surface area contributed by atoms with Crippen LogP contribution in [-0.4, -0.2) is 11.3 Å². The second-order valence-corrected chi connectivity index (χ2v) is 37.6. The van der Waals surface area contributed by atoms with Gasteiger partial charge >= 0.3 is 0 Å². The van der Waals surface area contributed by atoms with E-state index in [1.807, 2.05) is 0 Å². The van der Waals surface area contributed by atoms with Crippen molar-refractivity contribution in [2.24, 2.45) is 0 Å². The molecule has 1 aromatic heterocycles. The van der Waals surface area contributed by atoms with Crippen LogP contribution in [0.15, 0.2) is 388 Å². The van der Waals surface area contributed by atoms with Gasteiger partial charge in [0.1, 0.15) is 0 Å². The summed E-state index contributed by atoms with van der Waals surface area (Å²) in [4.78, 5) is 5.56. The van der Waals surface area contributed by atoms with Crippen molar-refractivity contribution in [1.29, 1.82) is 0 Å². The van der Waals surface area contributed by atoms with Crippen LogP contribution in [0.4, 0.5) is 34.1 Å². The van der Waals surface area contributed by atoms with Crippen molar-refractivity contribution in [2.75, 3.05) is 9.80 Å². The summed E-state index contributed by atoms with van der Waals surface area (Å²) in [5.41, 5.74) is 40.7. The van der Waals surface area contributed by atoms with E-state index in [1.54, 1.807) is 0 Å². The largest absolute Gasteiger partial charge is 0.310 e. The highest BCUT2D eigenvalue weighted by atomic mass is 15.2. The van der Waals surface area contributed by atoms with Crippen LogP contribution < -0.4 is 26.2 Å². The number of hydrogen-bond acceptors (Lipinski definition) is 2. The average molecular weight is 1570 g/mol. The molecule has 0 unspecified atom stereocenters. The molecule has 4 heteroatoms. The zero-order chi connectivity index (χ0) is 83.5. The topological polar surface area (TPSA) is 11.4 Å². The molecule has 0 N–H and O–H groups in total. The van der Waals surface area contributed by atoms with Gasteiger partial charge in [-0.1, -0.05) is 399 Å². The van der Waals surface area contributed by atoms with Gasteiger partial charge in [0.25, 0.3) is 6.71 Å². The molecule has 0 bridgehead atoms. The van der Waals surface area contributed by atoms with Crippen LogP contribution in [0.3, 0.4) is 0 Å². The zero-order valence-corrected chi connectivity index (χ0v) is 71.9. The molecule has 3 heterocycles. The van der Waals surface area contributed by atoms with Gasteiger partial charge in [0.15, 0.2) is 0 Å². The lowest BCUT2D eigenvalue weighted by Crippen LogP contribution is -2.61. The molecular weight excluding hydrogens is 1470 g/mol. The Bertz CT molecular complexity index is 6450. The second-order valence-electron chi connectivity index (χ2n) is 37.6. The Morgan fingerprint density at radius 1 is 0.205 bits per heavy atom. The third kappa shape index (κ3) is 13.8. The predicted molar refractivity (Wildman–Crippen MR) is 524 cm³/mol. The van der Waals surface area contributed by atoms with Crippen molar-refractivity contribution in [3.05, 3.63) is 411 Å². The molecule has 2 aliphatic heterocycles. The maximum absolute atomic E-state index is 2.78. The van der Waals surface area contributed by atoms with Crippen molar-refractivity contribution in [3.8, 4) is 117 Å². The maximum Gasteiger partial charge on any atom is 0.252 e. The molecule has 0 saturated heterocycles. The minimum Gasteiger partial charge on any atom is -0.310 e. The Balaban J connectivity index is 1.02. The van der Waals surface area contributed by atoms with Crippen LogP contribution in [0.2, 0.25) is 0 Å². The third-order valence-electron chi connectivity index (χ3n) is 25.5. The Kier molecular flexibility index (Phi) is 19.0. The fourth-order valence-corrected chi connectivity index (χ4v) is 19.4. The maximum atomic E-state index is 2.78. The summed E-state index contributed by atoms with van der Waals surface area (Å²) in [6.07, 6.45) is 0. The summed E-state index contributed by atoms with van der Waals surface area (Å²) in [5.74, 6) is 0. The lowest BCUT2D eigenvalue weighted by molar-refractivity contribution is 0.590. The molecule has 2 aliphatic rings. The van der Waals surface area contributed by atoms with Crippen LogP contribution in [-0.2, 0) is 21.7 Å². The van der Waals surface area contributed by atoms with Crippen LogP contribution in [0, 0.1) is 0 Å². The first-order chi connectivity index (χ1) is 59.1. The summed E-state index contributed by atoms with van der Waals surface area (Å²) >= 11 is 0. The average Bonchev–Trinajstić information content (AvgIpc) is 0.819. The van der Waals surface area contributed by atoms with Crippen LogP contribution in [0.1, 0.15) is 105 Å². The minimum atomic E-state index is -0.363. The minimum absolute atomic E-state index is 0.131. The number of nitrogens with zero attached hydrogens (tertiary/aromatic N) is 3. The Morgan fingerprint density at radius 2 is 0.475 bits per heavy atom. The SMILES string of the molecule is CC(C)(C)c1ccc2c(c1)c1cc(C(C)(C)C)ccc1n2-c1cc2c3c(c1)N(c1c(-c4cccc(-c5ccccc5)c4)cccc1-c1cccc(-c4ccccc4)c1)c1cc(C(C)(C)C)c(-c4ccccc4)cc1B3c1cc(-c3ccccc3)c(C(C)(C)C)cc1N2c1c(-c2cccc(-c3ccccc3)c2)cccc1-c1cccc(-c2ccccc2)c1. The van der Waals surface area contributed by atoms with E-state index in [0.29, 0.717) is 0 Å². The molecule has 3 nitrogen and oxygen atoms in total. The van der Waals surface area contributed by atoms with Gasteiger partial charge in [-0.05, 0) is 222 Å². The van der Waals surface area contributed by atoms with Crippen molar-refractivity contribution in [1.82, 2.24) is 4.57 Å². The van der Waals surface area contributed by atoms with E-state index >= 15 is 0 Å². The van der Waals surface area contributed by atoms with Crippen LogP contribution >= 0.6 is 0 Å². The van der Waals surface area contributed by atoms with E-state index in [9.17, 15) is 0 Å². The van der Waals surface area contributed by atoms with Gasteiger partial charge in [0, 0.05) is 55.8 Å². The molecule has 0 aliphatic carbocycles. The molecular formula is C118H100BN3. The summed E-state index contributed by atoms with van der Waals surface area (Å²) in [6, 6.07) is 148. The van der Waals surface area contributed by atoms with E-state index in [0.717, 1.165) is 140 Å². The normalized spacial score (nSPS) is 12.7. The summed E-state index contributed by atoms with van der Waals surface area (Å²) in [5, 5.41) is 2.46. The number of para-hydroxylation sites is 2. The molecule has 18 aromatic rings. The zero-order valence-electron chi connectivity index (χ0n) is 71.9. The number of benzene rings is 17. The van der Waals surface area contributed by atoms with Gasteiger partial charge in [0.2, 0.25) is 0 Å². The van der Waals surface area contributed by atoms with Gasteiger partial charge in [-0.3, -0.25) is 0 Å². The molecule has 0 amide bonds. The predicted octanol–water partition coefficient (Wildman–Crippen LogP) is 30.7. The van der Waals surface area contributed by atoms with Gasteiger partial charge in [-0.15, -0.1) is 0 Å². The molecule has 0 fully saturated rings. The summed E-state index contributed by atoms with van der Waals surface area (Å²) in [7, 11) is 0. The highest BCUT2D eigenvalue weighted by Gasteiger charge is 2.48. The van der Waals surface area contributed by atoms with Crippen molar-refractivity contribution >= 4 is 79.0 Å². The summed E-state index contributed by atoms with van der Waals surface area (Å²) < 4.78 is 2.63. The molecule has 0 spiro atoms. The van der Waals surface area contributed by atoms with Gasteiger partial charge < -0.3 is 14.4 Å². The number of hydrogen-bond donors (Lipinski definition) is 0. The highest BCUT2D eigenvalue weighted by Crippen LogP contribution is 2.57. The molecule has 20 rings (SSSR count). The molecule has 590 valence electrons. The number of aromatic nitrogens is 1.